The van der Waals surface area contributed by atoms with Crippen molar-refractivity contribution in [3.8, 4) is 0 Å². The van der Waals surface area contributed by atoms with Gasteiger partial charge in [0, 0.05) is 42.5 Å². The molecule has 0 spiro atoms. The topological polar surface area (TPSA) is 61.4 Å². The maximum Gasteiger partial charge on any atom is 0.261 e. The second kappa shape index (κ2) is 7.69. The zero-order chi connectivity index (χ0) is 18.1. The molecule has 4 heterocycles. The van der Waals surface area contributed by atoms with Crippen molar-refractivity contribution in [2.75, 3.05) is 13.1 Å². The summed E-state index contributed by atoms with van der Waals surface area (Å²) in [7, 11) is 0. The Morgan fingerprint density at radius 2 is 1.85 bits per heavy atom. The number of aryl methyl sites for hydroxylation is 1. The summed E-state index contributed by atoms with van der Waals surface area (Å²) in [6, 6.07) is 5.35. The van der Waals surface area contributed by atoms with Gasteiger partial charge < -0.3 is 15.5 Å². The predicted molar refractivity (Wildman–Crippen MR) is 103 cm³/mol. The van der Waals surface area contributed by atoms with Crippen molar-refractivity contribution < 1.29 is 9.59 Å². The van der Waals surface area contributed by atoms with Gasteiger partial charge in [0.05, 0.1) is 4.88 Å². The predicted octanol–water partition coefficient (Wildman–Crippen LogP) is 2.70. The Kier molecular flexibility index (Phi) is 5.32. The van der Waals surface area contributed by atoms with Crippen LogP contribution >= 0.6 is 11.3 Å². The minimum absolute atomic E-state index is 0.0260. The van der Waals surface area contributed by atoms with Crippen molar-refractivity contribution in [2.24, 2.45) is 5.92 Å². The summed E-state index contributed by atoms with van der Waals surface area (Å²) < 4.78 is 0. The highest BCUT2D eigenvalue weighted by Gasteiger charge is 2.35. The molecule has 1 aromatic rings. The smallest absolute Gasteiger partial charge is 0.261 e. The summed E-state index contributed by atoms with van der Waals surface area (Å²) in [6.45, 7) is 3.55. The van der Waals surface area contributed by atoms with Crippen LogP contribution in [0.1, 0.15) is 59.5 Å². The lowest BCUT2D eigenvalue weighted by atomic mass is 9.89. The number of thiophene rings is 1. The average Bonchev–Trinajstić information content (AvgIpc) is 3.21. The molecule has 3 aliphatic heterocycles. The van der Waals surface area contributed by atoms with E-state index in [-0.39, 0.29) is 11.9 Å². The van der Waals surface area contributed by atoms with E-state index in [1.807, 2.05) is 24.0 Å². The molecule has 0 radical (unpaired) electrons. The fraction of sp³-hybridized carbons (Fsp3) is 0.700. The van der Waals surface area contributed by atoms with Crippen LogP contribution in [0.5, 0.6) is 0 Å². The zero-order valence-corrected chi connectivity index (χ0v) is 16.3. The number of nitrogens with zero attached hydrogens (tertiary/aromatic N) is 1. The van der Waals surface area contributed by atoms with Crippen LogP contribution in [0.25, 0.3) is 0 Å². The monoisotopic (exact) mass is 375 g/mol. The average molecular weight is 376 g/mol. The van der Waals surface area contributed by atoms with Gasteiger partial charge in [0.2, 0.25) is 5.91 Å². The number of fused-ring (bicyclic) bond motifs is 2. The van der Waals surface area contributed by atoms with Crippen LogP contribution in [0.2, 0.25) is 0 Å². The number of likely N-dealkylation sites (tertiary alicyclic amines) is 1. The van der Waals surface area contributed by atoms with Gasteiger partial charge in [-0.15, -0.1) is 11.3 Å². The number of rotatable bonds is 4. The van der Waals surface area contributed by atoms with E-state index in [0.29, 0.717) is 30.3 Å². The van der Waals surface area contributed by atoms with Crippen molar-refractivity contribution in [1.29, 1.82) is 0 Å². The molecule has 2 unspecified atom stereocenters. The Labute approximate surface area is 159 Å². The molecule has 2 atom stereocenters. The lowest BCUT2D eigenvalue weighted by Gasteiger charge is -2.34. The first-order valence-corrected chi connectivity index (χ1v) is 10.8. The molecular formula is C20H29N3O2S. The third-order valence-corrected chi connectivity index (χ3v) is 7.18. The number of carbonyl (C=O) groups excluding carboxylic acids is 2. The summed E-state index contributed by atoms with van der Waals surface area (Å²) in [5.41, 5.74) is 0. The summed E-state index contributed by atoms with van der Waals surface area (Å²) in [6.07, 6.45) is 7.32. The van der Waals surface area contributed by atoms with Gasteiger partial charge in [0.1, 0.15) is 0 Å². The van der Waals surface area contributed by atoms with Crippen LogP contribution in [-0.2, 0) is 4.79 Å². The van der Waals surface area contributed by atoms with Crippen LogP contribution in [0.3, 0.4) is 0 Å². The first-order valence-electron chi connectivity index (χ1n) is 9.98. The summed E-state index contributed by atoms with van der Waals surface area (Å²) in [5.74, 6) is 0.897. The van der Waals surface area contributed by atoms with E-state index in [1.54, 1.807) is 0 Å². The van der Waals surface area contributed by atoms with Crippen LogP contribution in [0.4, 0.5) is 0 Å². The third kappa shape index (κ3) is 4.12. The summed E-state index contributed by atoms with van der Waals surface area (Å²) in [4.78, 5) is 28.9. The molecule has 6 heteroatoms. The Morgan fingerprint density at radius 1 is 1.15 bits per heavy atom. The SMILES string of the molecule is Cc1ccc(C(=O)NC2CCN(C(=O)CC3CC4CCC(C3)N4)CC2)s1. The quantitative estimate of drug-likeness (QED) is 0.851. The minimum Gasteiger partial charge on any atom is -0.348 e. The molecule has 0 aliphatic carbocycles. The molecule has 5 nitrogen and oxygen atoms in total. The second-order valence-electron chi connectivity index (χ2n) is 8.22. The van der Waals surface area contributed by atoms with Gasteiger partial charge in [0.25, 0.3) is 5.91 Å². The van der Waals surface area contributed by atoms with Gasteiger partial charge in [-0.25, -0.2) is 0 Å². The summed E-state index contributed by atoms with van der Waals surface area (Å²) >= 11 is 1.53. The van der Waals surface area contributed by atoms with Gasteiger partial charge in [-0.05, 0) is 63.5 Å². The van der Waals surface area contributed by atoms with Gasteiger partial charge in [-0.3, -0.25) is 9.59 Å². The van der Waals surface area contributed by atoms with E-state index in [2.05, 4.69) is 10.6 Å². The van der Waals surface area contributed by atoms with Crippen molar-refractivity contribution in [1.82, 2.24) is 15.5 Å². The number of piperidine rings is 2. The van der Waals surface area contributed by atoms with E-state index >= 15 is 0 Å². The molecule has 0 saturated carbocycles. The van der Waals surface area contributed by atoms with E-state index in [4.69, 9.17) is 0 Å². The third-order valence-electron chi connectivity index (χ3n) is 6.18. The normalized spacial score (nSPS) is 29.0. The van der Waals surface area contributed by atoms with E-state index in [0.717, 1.165) is 48.5 Å². The maximum absolute atomic E-state index is 12.7. The minimum atomic E-state index is 0.0260. The molecule has 4 rings (SSSR count). The van der Waals surface area contributed by atoms with Crippen LogP contribution in [-0.4, -0.2) is 47.9 Å². The highest BCUT2D eigenvalue weighted by Crippen LogP contribution is 2.33. The van der Waals surface area contributed by atoms with Crippen LogP contribution in [0, 0.1) is 12.8 Å². The number of carbonyl (C=O) groups is 2. The lowest BCUT2D eigenvalue weighted by Crippen LogP contribution is -2.47. The van der Waals surface area contributed by atoms with Gasteiger partial charge >= 0.3 is 0 Å². The number of amides is 2. The van der Waals surface area contributed by atoms with E-state index in [9.17, 15) is 9.59 Å². The first kappa shape index (κ1) is 18.0. The number of hydrogen-bond donors (Lipinski definition) is 2. The molecule has 3 saturated heterocycles. The Morgan fingerprint density at radius 3 is 2.46 bits per heavy atom. The highest BCUT2D eigenvalue weighted by atomic mass is 32.1. The molecule has 0 aromatic carbocycles. The van der Waals surface area contributed by atoms with Crippen molar-refractivity contribution >= 4 is 23.2 Å². The zero-order valence-electron chi connectivity index (χ0n) is 15.5. The maximum atomic E-state index is 12.7. The summed E-state index contributed by atoms with van der Waals surface area (Å²) in [5, 5.41) is 6.78. The molecule has 1 aromatic heterocycles. The van der Waals surface area contributed by atoms with Crippen molar-refractivity contribution in [3.05, 3.63) is 21.9 Å². The molecule has 3 aliphatic rings. The molecule has 2 amide bonds. The molecular weight excluding hydrogens is 346 g/mol. The molecule has 2 N–H and O–H groups in total. The van der Waals surface area contributed by atoms with Gasteiger partial charge in [-0.2, -0.15) is 0 Å². The lowest BCUT2D eigenvalue weighted by molar-refractivity contribution is -0.133. The molecule has 26 heavy (non-hydrogen) atoms. The van der Waals surface area contributed by atoms with Crippen molar-refractivity contribution in [2.45, 2.75) is 70.0 Å². The van der Waals surface area contributed by atoms with Gasteiger partial charge in [0.15, 0.2) is 0 Å². The Balaban J connectivity index is 1.22. The standard InChI is InChI=1S/C20H29N3O2S/c1-13-2-5-18(26-13)20(25)22-15-6-8-23(9-7-15)19(24)12-14-10-16-3-4-17(11-14)21-16/h2,5,14-17,21H,3-4,6-12H2,1H3,(H,22,25). The number of hydrogen-bond acceptors (Lipinski definition) is 4. The molecule has 2 bridgehead atoms. The van der Waals surface area contributed by atoms with E-state index < -0.39 is 0 Å². The van der Waals surface area contributed by atoms with Crippen LogP contribution in [0.15, 0.2) is 12.1 Å². The second-order valence-corrected chi connectivity index (χ2v) is 9.51. The fourth-order valence-electron chi connectivity index (χ4n) is 4.80. The number of nitrogens with one attached hydrogen (secondary N) is 2. The molecule has 3 fully saturated rings. The van der Waals surface area contributed by atoms with Crippen molar-refractivity contribution in [3.63, 3.8) is 0 Å². The van der Waals surface area contributed by atoms with Crippen LogP contribution < -0.4 is 10.6 Å². The fourth-order valence-corrected chi connectivity index (χ4v) is 5.57. The van der Waals surface area contributed by atoms with E-state index in [1.165, 1.54) is 24.2 Å². The Hall–Kier alpha value is -1.40. The van der Waals surface area contributed by atoms with Gasteiger partial charge in [-0.1, -0.05) is 0 Å². The largest absolute Gasteiger partial charge is 0.348 e. The Bertz CT molecular complexity index is 654. The highest BCUT2D eigenvalue weighted by molar-refractivity contribution is 7.13. The molecule has 142 valence electrons. The first-order chi connectivity index (χ1) is 12.6.